The average Bonchev–Trinajstić information content (AvgIpc) is 2.64. The van der Waals surface area contributed by atoms with Crippen LogP contribution in [0, 0.1) is 0 Å². The lowest BCUT2D eigenvalue weighted by molar-refractivity contribution is 0.240. The smallest absolute Gasteiger partial charge is 0.315 e. The summed E-state index contributed by atoms with van der Waals surface area (Å²) in [5.74, 6) is 1.07. The Hall–Kier alpha value is -2.53. The van der Waals surface area contributed by atoms with E-state index in [9.17, 15) is 4.79 Å². The highest BCUT2D eigenvalue weighted by molar-refractivity contribution is 6.32. The topological polar surface area (TPSA) is 63.2 Å². The van der Waals surface area contributed by atoms with Crippen molar-refractivity contribution in [1.82, 2.24) is 15.6 Å². The van der Waals surface area contributed by atoms with E-state index in [2.05, 4.69) is 22.5 Å². The van der Waals surface area contributed by atoms with Gasteiger partial charge < -0.3 is 15.4 Å². The molecular weight excluding hydrogens is 362 g/mol. The number of rotatable bonds is 8. The van der Waals surface area contributed by atoms with E-state index in [1.165, 1.54) is 5.56 Å². The fraction of sp³-hybridized carbons (Fsp3) is 0.333. The zero-order valence-corrected chi connectivity index (χ0v) is 16.7. The van der Waals surface area contributed by atoms with Gasteiger partial charge in [-0.15, -0.1) is 0 Å². The highest BCUT2D eigenvalue weighted by Crippen LogP contribution is 2.29. The van der Waals surface area contributed by atoms with Crippen molar-refractivity contribution < 1.29 is 9.53 Å². The fourth-order valence-corrected chi connectivity index (χ4v) is 2.70. The number of ether oxygens (including phenoxy) is 1. The summed E-state index contributed by atoms with van der Waals surface area (Å²) in [6.07, 6.45) is 7.58. The number of carbonyl (C=O) groups is 1. The standard InChI is InChI=1S/C21H26ClN3O2/c1-4-6-16-9-11-19(18(22)13-16)27-20-12-10-17(14-24-20)8-7-15(3)25-21(26)23-5-2/h7-15H,4-6H2,1-3H3,(H2,23,25,26)/b8-7+/t15-/m0/s1. The number of urea groups is 1. The first-order valence-electron chi connectivity index (χ1n) is 9.16. The summed E-state index contributed by atoms with van der Waals surface area (Å²) in [6, 6.07) is 9.24. The van der Waals surface area contributed by atoms with Crippen molar-refractivity contribution in [2.24, 2.45) is 0 Å². The summed E-state index contributed by atoms with van der Waals surface area (Å²) >= 11 is 6.29. The van der Waals surface area contributed by atoms with Crippen molar-refractivity contribution in [2.75, 3.05) is 6.54 Å². The number of pyridine rings is 1. The molecule has 2 amide bonds. The lowest BCUT2D eigenvalue weighted by Crippen LogP contribution is -2.39. The third kappa shape index (κ3) is 6.94. The number of amides is 2. The monoisotopic (exact) mass is 387 g/mol. The highest BCUT2D eigenvalue weighted by atomic mass is 35.5. The van der Waals surface area contributed by atoms with E-state index in [0.717, 1.165) is 18.4 Å². The summed E-state index contributed by atoms with van der Waals surface area (Å²) < 4.78 is 5.77. The van der Waals surface area contributed by atoms with Crippen LogP contribution in [0.5, 0.6) is 11.6 Å². The van der Waals surface area contributed by atoms with Gasteiger partial charge in [0.2, 0.25) is 5.88 Å². The quantitative estimate of drug-likeness (QED) is 0.654. The molecule has 6 heteroatoms. The van der Waals surface area contributed by atoms with Gasteiger partial charge in [-0.2, -0.15) is 0 Å². The first-order chi connectivity index (χ1) is 13.0. The molecule has 0 radical (unpaired) electrons. The van der Waals surface area contributed by atoms with Crippen molar-refractivity contribution >= 4 is 23.7 Å². The number of aryl methyl sites for hydroxylation is 1. The predicted octanol–water partition coefficient (Wildman–Crippen LogP) is 5.20. The van der Waals surface area contributed by atoms with Gasteiger partial charge in [0.25, 0.3) is 0 Å². The number of halogens is 1. The van der Waals surface area contributed by atoms with Crippen LogP contribution in [0.1, 0.15) is 38.3 Å². The van der Waals surface area contributed by atoms with Crippen LogP contribution in [0.4, 0.5) is 4.79 Å². The minimum Gasteiger partial charge on any atom is -0.437 e. The van der Waals surface area contributed by atoms with Crippen LogP contribution in [-0.4, -0.2) is 23.6 Å². The van der Waals surface area contributed by atoms with Crippen LogP contribution >= 0.6 is 11.6 Å². The Morgan fingerprint density at radius 1 is 1.30 bits per heavy atom. The number of nitrogens with zero attached hydrogens (tertiary/aromatic N) is 1. The van der Waals surface area contributed by atoms with Gasteiger partial charge >= 0.3 is 6.03 Å². The Labute approximate surface area is 165 Å². The van der Waals surface area contributed by atoms with Gasteiger partial charge in [0.1, 0.15) is 5.75 Å². The molecule has 0 aliphatic carbocycles. The van der Waals surface area contributed by atoms with E-state index in [1.54, 1.807) is 12.3 Å². The molecule has 2 rings (SSSR count). The first-order valence-corrected chi connectivity index (χ1v) is 9.54. The molecule has 1 aromatic carbocycles. The zero-order chi connectivity index (χ0) is 19.6. The Balaban J connectivity index is 1.95. The molecule has 0 fully saturated rings. The molecule has 0 aliphatic rings. The molecule has 2 aromatic rings. The molecule has 0 saturated heterocycles. The van der Waals surface area contributed by atoms with E-state index in [-0.39, 0.29) is 12.1 Å². The van der Waals surface area contributed by atoms with E-state index in [0.29, 0.717) is 23.2 Å². The predicted molar refractivity (Wildman–Crippen MR) is 110 cm³/mol. The zero-order valence-electron chi connectivity index (χ0n) is 16.0. The molecular formula is C21H26ClN3O2. The minimum absolute atomic E-state index is 0.0899. The maximum absolute atomic E-state index is 11.5. The van der Waals surface area contributed by atoms with Crippen LogP contribution in [0.3, 0.4) is 0 Å². The van der Waals surface area contributed by atoms with Crippen LogP contribution in [-0.2, 0) is 6.42 Å². The van der Waals surface area contributed by atoms with Crippen molar-refractivity contribution in [3.8, 4) is 11.6 Å². The van der Waals surface area contributed by atoms with Crippen LogP contribution in [0.15, 0.2) is 42.6 Å². The molecule has 1 atom stereocenters. The number of nitrogens with one attached hydrogen (secondary N) is 2. The Morgan fingerprint density at radius 2 is 2.11 bits per heavy atom. The maximum Gasteiger partial charge on any atom is 0.315 e. The molecule has 0 spiro atoms. The van der Waals surface area contributed by atoms with Crippen LogP contribution in [0.25, 0.3) is 6.08 Å². The lowest BCUT2D eigenvalue weighted by atomic mass is 10.1. The number of aromatic nitrogens is 1. The lowest BCUT2D eigenvalue weighted by Gasteiger charge is -2.10. The van der Waals surface area contributed by atoms with Gasteiger partial charge in [0.05, 0.1) is 5.02 Å². The van der Waals surface area contributed by atoms with E-state index in [1.807, 2.05) is 50.3 Å². The third-order valence-electron chi connectivity index (χ3n) is 3.78. The molecule has 27 heavy (non-hydrogen) atoms. The van der Waals surface area contributed by atoms with Gasteiger partial charge in [0, 0.05) is 24.8 Å². The van der Waals surface area contributed by atoms with E-state index in [4.69, 9.17) is 16.3 Å². The second-order valence-corrected chi connectivity index (χ2v) is 6.61. The summed E-state index contributed by atoms with van der Waals surface area (Å²) in [4.78, 5) is 15.8. The Bertz CT molecular complexity index is 775. The van der Waals surface area contributed by atoms with Crippen molar-refractivity contribution in [1.29, 1.82) is 0 Å². The maximum atomic E-state index is 11.5. The second kappa shape index (κ2) is 10.6. The molecule has 1 aromatic heterocycles. The van der Waals surface area contributed by atoms with Crippen LogP contribution < -0.4 is 15.4 Å². The molecule has 144 valence electrons. The third-order valence-corrected chi connectivity index (χ3v) is 4.08. The average molecular weight is 388 g/mol. The van der Waals surface area contributed by atoms with Gasteiger partial charge in [0.15, 0.2) is 0 Å². The summed E-state index contributed by atoms with van der Waals surface area (Å²) in [5.41, 5.74) is 2.11. The second-order valence-electron chi connectivity index (χ2n) is 6.20. The van der Waals surface area contributed by atoms with Crippen molar-refractivity contribution in [2.45, 2.75) is 39.7 Å². The van der Waals surface area contributed by atoms with Crippen molar-refractivity contribution in [3.63, 3.8) is 0 Å². The summed E-state index contributed by atoms with van der Waals surface area (Å²) in [6.45, 7) is 6.51. The SMILES string of the molecule is CCCc1ccc(Oc2ccc(/C=C/[C@H](C)NC(=O)NCC)cn2)c(Cl)c1. The number of hydrogen-bond acceptors (Lipinski definition) is 3. The Morgan fingerprint density at radius 3 is 2.74 bits per heavy atom. The molecule has 0 aliphatic heterocycles. The van der Waals surface area contributed by atoms with Gasteiger partial charge in [-0.3, -0.25) is 0 Å². The molecule has 5 nitrogen and oxygen atoms in total. The summed E-state index contributed by atoms with van der Waals surface area (Å²) in [7, 11) is 0. The fourth-order valence-electron chi connectivity index (χ4n) is 2.46. The molecule has 0 saturated carbocycles. The molecule has 0 bridgehead atoms. The largest absolute Gasteiger partial charge is 0.437 e. The summed E-state index contributed by atoms with van der Waals surface area (Å²) in [5, 5.41) is 6.10. The molecule has 2 N–H and O–H groups in total. The van der Waals surface area contributed by atoms with Gasteiger partial charge in [-0.05, 0) is 49.6 Å². The number of hydrogen-bond donors (Lipinski definition) is 2. The van der Waals surface area contributed by atoms with Crippen molar-refractivity contribution in [3.05, 3.63) is 58.8 Å². The van der Waals surface area contributed by atoms with Gasteiger partial charge in [-0.25, -0.2) is 9.78 Å². The first kappa shape index (κ1) is 20.8. The Kier molecular flexibility index (Phi) is 8.14. The van der Waals surface area contributed by atoms with E-state index < -0.39 is 0 Å². The molecule has 1 heterocycles. The van der Waals surface area contributed by atoms with Crippen LogP contribution in [0.2, 0.25) is 5.02 Å². The normalized spacial score (nSPS) is 12.0. The minimum atomic E-state index is -0.182. The number of benzene rings is 1. The van der Waals surface area contributed by atoms with E-state index >= 15 is 0 Å². The highest BCUT2D eigenvalue weighted by Gasteiger charge is 2.06. The molecule has 0 unspecified atom stereocenters. The van der Waals surface area contributed by atoms with Gasteiger partial charge in [-0.1, -0.05) is 43.2 Å². The number of carbonyl (C=O) groups excluding carboxylic acids is 1.